The van der Waals surface area contributed by atoms with Gasteiger partial charge in [0.05, 0.1) is 19.8 Å². The number of rotatable bonds is 4. The molecule has 4 rings (SSSR count). The maximum atomic E-state index is 12.7. The van der Waals surface area contributed by atoms with Crippen LogP contribution in [0, 0.1) is 6.92 Å². The molecule has 2 aromatic carbocycles. The molecule has 2 heterocycles. The summed E-state index contributed by atoms with van der Waals surface area (Å²) in [5.74, 6) is 0.0420. The van der Waals surface area contributed by atoms with E-state index >= 15 is 0 Å². The topological polar surface area (TPSA) is 61.9 Å². The number of anilines is 2. The number of ether oxygens (including phenoxy) is 1. The predicted octanol–water partition coefficient (Wildman–Crippen LogP) is 2.47. The predicted molar refractivity (Wildman–Crippen MR) is 109 cm³/mol. The molecule has 0 spiro atoms. The molecule has 0 bridgehead atoms. The lowest BCUT2D eigenvalue weighted by molar-refractivity contribution is -0.116. The zero-order valence-corrected chi connectivity index (χ0v) is 16.1. The van der Waals surface area contributed by atoms with Crippen molar-refractivity contribution >= 4 is 23.2 Å². The van der Waals surface area contributed by atoms with E-state index in [4.69, 9.17) is 4.74 Å². The quantitative estimate of drug-likeness (QED) is 0.887. The summed E-state index contributed by atoms with van der Waals surface area (Å²) in [4.78, 5) is 29.1. The summed E-state index contributed by atoms with van der Waals surface area (Å²) in [5, 5.41) is 3.23. The Bertz CT molecular complexity index is 890. The molecule has 0 atom stereocenters. The summed E-state index contributed by atoms with van der Waals surface area (Å²) in [5.41, 5.74) is 4.68. The van der Waals surface area contributed by atoms with Gasteiger partial charge >= 0.3 is 0 Å². The molecule has 0 unspecified atom stereocenters. The van der Waals surface area contributed by atoms with Crippen LogP contribution < -0.4 is 10.2 Å². The van der Waals surface area contributed by atoms with Gasteiger partial charge in [-0.1, -0.05) is 24.3 Å². The molecule has 2 amide bonds. The second-order valence-electron chi connectivity index (χ2n) is 7.21. The van der Waals surface area contributed by atoms with E-state index in [2.05, 4.69) is 11.4 Å². The highest BCUT2D eigenvalue weighted by Gasteiger charge is 2.24. The van der Waals surface area contributed by atoms with Gasteiger partial charge in [-0.15, -0.1) is 0 Å². The van der Waals surface area contributed by atoms with Crippen molar-refractivity contribution in [3.05, 3.63) is 59.2 Å². The molecule has 1 saturated heterocycles. The fourth-order valence-corrected chi connectivity index (χ4v) is 3.76. The van der Waals surface area contributed by atoms with E-state index in [0.29, 0.717) is 38.4 Å². The Kier molecular flexibility index (Phi) is 5.30. The molecule has 0 saturated carbocycles. The molecule has 6 heteroatoms. The van der Waals surface area contributed by atoms with E-state index in [9.17, 15) is 9.59 Å². The Labute approximate surface area is 165 Å². The van der Waals surface area contributed by atoms with E-state index in [1.165, 1.54) is 5.56 Å². The van der Waals surface area contributed by atoms with Crippen molar-refractivity contribution in [2.75, 3.05) is 49.6 Å². The highest BCUT2D eigenvalue weighted by atomic mass is 16.5. The van der Waals surface area contributed by atoms with Gasteiger partial charge in [-0.25, -0.2) is 0 Å². The van der Waals surface area contributed by atoms with Crippen LogP contribution in [0.3, 0.4) is 0 Å². The number of hydrogen-bond donors (Lipinski definition) is 1. The van der Waals surface area contributed by atoms with Crippen LogP contribution in [0.15, 0.2) is 42.5 Å². The van der Waals surface area contributed by atoms with Crippen molar-refractivity contribution in [2.45, 2.75) is 13.3 Å². The molecule has 6 nitrogen and oxygen atoms in total. The molecular weight excluding hydrogens is 354 g/mol. The average Bonchev–Trinajstić information content (AvgIpc) is 3.17. The highest BCUT2D eigenvalue weighted by Crippen LogP contribution is 2.27. The monoisotopic (exact) mass is 379 g/mol. The zero-order valence-electron chi connectivity index (χ0n) is 16.1. The number of nitrogens with zero attached hydrogens (tertiary/aromatic N) is 2. The lowest BCUT2D eigenvalue weighted by Gasteiger charge is -2.27. The second kappa shape index (κ2) is 8.02. The third-order valence-corrected chi connectivity index (χ3v) is 5.40. The van der Waals surface area contributed by atoms with Crippen LogP contribution in [-0.4, -0.2) is 56.1 Å². The molecule has 28 heavy (non-hydrogen) atoms. The number of fused-ring (bicyclic) bond motifs is 1. The molecule has 146 valence electrons. The first-order valence-electron chi connectivity index (χ1n) is 9.73. The minimum Gasteiger partial charge on any atom is -0.378 e. The van der Waals surface area contributed by atoms with Gasteiger partial charge in [0.15, 0.2) is 0 Å². The van der Waals surface area contributed by atoms with Gasteiger partial charge in [-0.05, 0) is 42.7 Å². The normalized spacial score (nSPS) is 16.0. The van der Waals surface area contributed by atoms with E-state index in [0.717, 1.165) is 23.4 Å². The summed E-state index contributed by atoms with van der Waals surface area (Å²) in [7, 11) is 0. The molecule has 2 aliphatic rings. The lowest BCUT2D eigenvalue weighted by Crippen LogP contribution is -2.40. The van der Waals surface area contributed by atoms with Crippen molar-refractivity contribution in [3.63, 3.8) is 0 Å². The van der Waals surface area contributed by atoms with Crippen molar-refractivity contribution in [2.24, 2.45) is 0 Å². The number of carbonyl (C=O) groups is 2. The fourth-order valence-electron chi connectivity index (χ4n) is 3.76. The molecule has 0 radical (unpaired) electrons. The number of amides is 2. The average molecular weight is 379 g/mol. The second-order valence-corrected chi connectivity index (χ2v) is 7.21. The largest absolute Gasteiger partial charge is 0.378 e. The Morgan fingerprint density at radius 1 is 1.07 bits per heavy atom. The van der Waals surface area contributed by atoms with Crippen LogP contribution in [0.2, 0.25) is 0 Å². The lowest BCUT2D eigenvalue weighted by atomic mass is 10.1. The zero-order chi connectivity index (χ0) is 19.5. The number of hydrogen-bond acceptors (Lipinski definition) is 4. The Morgan fingerprint density at radius 2 is 1.86 bits per heavy atom. The summed E-state index contributed by atoms with van der Waals surface area (Å²) in [6.45, 7) is 5.27. The van der Waals surface area contributed by atoms with E-state index in [-0.39, 0.29) is 18.4 Å². The van der Waals surface area contributed by atoms with Crippen LogP contribution >= 0.6 is 0 Å². The number of morpholine rings is 1. The van der Waals surface area contributed by atoms with E-state index < -0.39 is 0 Å². The van der Waals surface area contributed by atoms with Gasteiger partial charge in [-0.2, -0.15) is 0 Å². The Hall–Kier alpha value is -2.86. The van der Waals surface area contributed by atoms with E-state index in [1.807, 2.05) is 53.1 Å². The molecule has 2 aromatic rings. The summed E-state index contributed by atoms with van der Waals surface area (Å²) in [6, 6.07) is 13.6. The minimum atomic E-state index is 0.00569. The SMILES string of the molecule is Cc1ccc(C(=O)N2CCOCC2)cc1NCC(=O)N1CCc2ccccc21. The number of benzene rings is 2. The van der Waals surface area contributed by atoms with E-state index in [1.54, 1.807) is 0 Å². The number of carbonyl (C=O) groups excluding carboxylic acids is 2. The molecular formula is C22H25N3O3. The number of nitrogens with one attached hydrogen (secondary N) is 1. The van der Waals surface area contributed by atoms with Crippen molar-refractivity contribution in [1.29, 1.82) is 0 Å². The maximum absolute atomic E-state index is 12.7. The van der Waals surface area contributed by atoms with Gasteiger partial charge in [0.25, 0.3) is 5.91 Å². The standard InChI is InChI=1S/C22H25N3O3/c1-16-6-7-18(22(27)24-10-12-28-13-11-24)14-19(16)23-15-21(26)25-9-8-17-4-2-3-5-20(17)25/h2-7,14,23H,8-13,15H2,1H3. The van der Waals surface area contributed by atoms with Gasteiger partial charge in [0.1, 0.15) is 0 Å². The van der Waals surface area contributed by atoms with Crippen LogP contribution in [0.4, 0.5) is 11.4 Å². The number of para-hydroxylation sites is 1. The van der Waals surface area contributed by atoms with Crippen LogP contribution in [-0.2, 0) is 16.0 Å². The molecule has 0 aromatic heterocycles. The third kappa shape index (κ3) is 3.73. The minimum absolute atomic E-state index is 0.00569. The summed E-state index contributed by atoms with van der Waals surface area (Å²) >= 11 is 0. The van der Waals surface area contributed by atoms with Crippen LogP contribution in [0.25, 0.3) is 0 Å². The van der Waals surface area contributed by atoms with Gasteiger partial charge in [0.2, 0.25) is 5.91 Å². The number of aryl methyl sites for hydroxylation is 1. The molecule has 2 aliphatic heterocycles. The van der Waals surface area contributed by atoms with Gasteiger partial charge in [0, 0.05) is 36.6 Å². The van der Waals surface area contributed by atoms with Gasteiger partial charge < -0.3 is 19.9 Å². The smallest absolute Gasteiger partial charge is 0.254 e. The van der Waals surface area contributed by atoms with Crippen molar-refractivity contribution < 1.29 is 14.3 Å². The van der Waals surface area contributed by atoms with Gasteiger partial charge in [-0.3, -0.25) is 9.59 Å². The molecule has 1 fully saturated rings. The highest BCUT2D eigenvalue weighted by molar-refractivity contribution is 5.99. The fraction of sp³-hybridized carbons (Fsp3) is 0.364. The third-order valence-electron chi connectivity index (χ3n) is 5.40. The first kappa shape index (κ1) is 18.5. The maximum Gasteiger partial charge on any atom is 0.254 e. The first-order chi connectivity index (χ1) is 13.6. The summed E-state index contributed by atoms with van der Waals surface area (Å²) < 4.78 is 5.32. The summed E-state index contributed by atoms with van der Waals surface area (Å²) in [6.07, 6.45) is 0.893. The van der Waals surface area contributed by atoms with Crippen molar-refractivity contribution in [1.82, 2.24) is 4.90 Å². The Morgan fingerprint density at radius 3 is 2.68 bits per heavy atom. The van der Waals surface area contributed by atoms with Crippen LogP contribution in [0.1, 0.15) is 21.5 Å². The van der Waals surface area contributed by atoms with Crippen LogP contribution in [0.5, 0.6) is 0 Å². The van der Waals surface area contributed by atoms with Crippen molar-refractivity contribution in [3.8, 4) is 0 Å². The Balaban J connectivity index is 1.43. The molecule has 0 aliphatic carbocycles. The molecule has 1 N–H and O–H groups in total. The first-order valence-corrected chi connectivity index (χ1v) is 9.73.